The molecule has 0 spiro atoms. The normalized spacial score (nSPS) is 12.9. The van der Waals surface area contributed by atoms with Crippen molar-refractivity contribution in [3.63, 3.8) is 0 Å². The molecule has 0 saturated carbocycles. The molecule has 0 aliphatic heterocycles. The molecule has 7 nitrogen and oxygen atoms in total. The number of halogens is 2. The topological polar surface area (TPSA) is 115 Å². The van der Waals surface area contributed by atoms with Crippen molar-refractivity contribution in [2.24, 2.45) is 5.73 Å². The van der Waals surface area contributed by atoms with Crippen molar-refractivity contribution >= 4 is 29.1 Å². The summed E-state index contributed by atoms with van der Waals surface area (Å²) in [7, 11) is 0. The van der Waals surface area contributed by atoms with E-state index >= 15 is 0 Å². The number of rotatable bonds is 5. The summed E-state index contributed by atoms with van der Waals surface area (Å²) in [5, 5.41) is 13.4. The molecule has 2 aromatic rings. The van der Waals surface area contributed by atoms with Crippen LogP contribution >= 0.6 is 11.6 Å². The lowest BCUT2D eigenvalue weighted by atomic mass is 9.90. The summed E-state index contributed by atoms with van der Waals surface area (Å²) in [5.41, 5.74) is 2.55. The SMILES string of the molecule is C[C@@](NC(=O)c1cccc([N+](=O)[O-])c1F)(C(N)=O)c1cccc(Cl)c1. The average molecular weight is 366 g/mol. The Labute approximate surface area is 146 Å². The van der Waals surface area contributed by atoms with Crippen LogP contribution in [-0.4, -0.2) is 16.7 Å². The van der Waals surface area contributed by atoms with Gasteiger partial charge in [-0.05, 0) is 30.7 Å². The van der Waals surface area contributed by atoms with Crippen LogP contribution in [0, 0.1) is 15.9 Å². The molecule has 1 atom stereocenters. The van der Waals surface area contributed by atoms with Crippen LogP contribution in [-0.2, 0) is 10.3 Å². The predicted octanol–water partition coefficient (Wildman–Crippen LogP) is 2.52. The van der Waals surface area contributed by atoms with Crippen molar-refractivity contribution in [3.05, 3.63) is 74.5 Å². The van der Waals surface area contributed by atoms with Gasteiger partial charge in [0.15, 0.2) is 0 Å². The van der Waals surface area contributed by atoms with Gasteiger partial charge in [-0.15, -0.1) is 0 Å². The van der Waals surface area contributed by atoms with Crippen molar-refractivity contribution < 1.29 is 18.9 Å². The lowest BCUT2D eigenvalue weighted by Gasteiger charge is -2.28. The van der Waals surface area contributed by atoms with Gasteiger partial charge in [0.25, 0.3) is 5.91 Å². The quantitative estimate of drug-likeness (QED) is 0.625. The van der Waals surface area contributed by atoms with Crippen molar-refractivity contribution in [2.75, 3.05) is 0 Å². The van der Waals surface area contributed by atoms with E-state index < -0.39 is 39.3 Å². The van der Waals surface area contributed by atoms with Gasteiger partial charge in [0.2, 0.25) is 11.7 Å². The molecule has 0 heterocycles. The first-order valence-electron chi connectivity index (χ1n) is 6.98. The molecule has 130 valence electrons. The maximum absolute atomic E-state index is 14.2. The number of hydrogen-bond acceptors (Lipinski definition) is 4. The fourth-order valence-electron chi connectivity index (χ4n) is 2.21. The molecule has 9 heteroatoms. The van der Waals surface area contributed by atoms with Crippen molar-refractivity contribution in [3.8, 4) is 0 Å². The Morgan fingerprint density at radius 1 is 1.28 bits per heavy atom. The van der Waals surface area contributed by atoms with E-state index in [1.165, 1.54) is 19.1 Å². The van der Waals surface area contributed by atoms with Gasteiger partial charge in [-0.25, -0.2) is 0 Å². The first-order chi connectivity index (χ1) is 11.7. The average Bonchev–Trinajstić information content (AvgIpc) is 2.54. The Hall–Kier alpha value is -3.00. The van der Waals surface area contributed by atoms with E-state index in [-0.39, 0.29) is 5.56 Å². The fraction of sp³-hybridized carbons (Fsp3) is 0.125. The maximum atomic E-state index is 14.2. The van der Waals surface area contributed by atoms with Crippen LogP contribution in [0.3, 0.4) is 0 Å². The lowest BCUT2D eigenvalue weighted by molar-refractivity contribution is -0.387. The van der Waals surface area contributed by atoms with E-state index in [1.807, 2.05) is 0 Å². The van der Waals surface area contributed by atoms with E-state index in [4.69, 9.17) is 17.3 Å². The number of amides is 2. The van der Waals surface area contributed by atoms with Crippen LogP contribution < -0.4 is 11.1 Å². The molecule has 0 aliphatic carbocycles. The zero-order valence-electron chi connectivity index (χ0n) is 13.0. The smallest absolute Gasteiger partial charge is 0.305 e. The molecule has 3 N–H and O–H groups in total. The van der Waals surface area contributed by atoms with Crippen LogP contribution in [0.15, 0.2) is 42.5 Å². The fourth-order valence-corrected chi connectivity index (χ4v) is 2.40. The number of nitrogens with two attached hydrogens (primary N) is 1. The molecule has 0 radical (unpaired) electrons. The van der Waals surface area contributed by atoms with Crippen molar-refractivity contribution in [2.45, 2.75) is 12.5 Å². The standard InChI is InChI=1S/C16H13ClFN3O4/c1-16(15(19)23,9-4-2-5-10(17)8-9)20-14(22)11-6-3-7-12(13(11)18)21(24)25/h2-8H,1H3,(H2,19,23)(H,20,22)/t16-/m0/s1. The van der Waals surface area contributed by atoms with Gasteiger partial charge in [-0.2, -0.15) is 4.39 Å². The third kappa shape index (κ3) is 3.58. The minimum Gasteiger partial charge on any atom is -0.367 e. The zero-order chi connectivity index (χ0) is 18.8. The predicted molar refractivity (Wildman–Crippen MR) is 88.5 cm³/mol. The number of hydrogen-bond donors (Lipinski definition) is 2. The molecular formula is C16H13ClFN3O4. The van der Waals surface area contributed by atoms with Gasteiger partial charge in [0.05, 0.1) is 10.5 Å². The second-order valence-corrected chi connectivity index (χ2v) is 5.79. The Kier molecular flexibility index (Phi) is 5.03. The maximum Gasteiger partial charge on any atom is 0.305 e. The van der Waals surface area contributed by atoms with E-state index in [2.05, 4.69) is 5.32 Å². The number of nitro benzene ring substituents is 1. The molecule has 0 unspecified atom stereocenters. The summed E-state index contributed by atoms with van der Waals surface area (Å²) >= 11 is 5.89. The summed E-state index contributed by atoms with van der Waals surface area (Å²) in [6, 6.07) is 9.22. The molecule has 2 rings (SSSR count). The summed E-state index contributed by atoms with van der Waals surface area (Å²) in [6.07, 6.45) is 0. The molecule has 2 amide bonds. The van der Waals surface area contributed by atoms with Crippen LogP contribution in [0.5, 0.6) is 0 Å². The minimum absolute atomic E-state index is 0.284. The third-order valence-corrected chi connectivity index (χ3v) is 3.91. The zero-order valence-corrected chi connectivity index (χ0v) is 13.7. The Bertz CT molecular complexity index is 874. The molecule has 2 aromatic carbocycles. The van der Waals surface area contributed by atoms with Gasteiger partial charge in [-0.1, -0.05) is 29.8 Å². The lowest BCUT2D eigenvalue weighted by Crippen LogP contribution is -2.52. The Balaban J connectivity index is 2.45. The molecule has 25 heavy (non-hydrogen) atoms. The highest BCUT2D eigenvalue weighted by atomic mass is 35.5. The number of nitro groups is 1. The molecular weight excluding hydrogens is 353 g/mol. The molecule has 0 bridgehead atoms. The Morgan fingerprint density at radius 3 is 2.48 bits per heavy atom. The highest BCUT2D eigenvalue weighted by Crippen LogP contribution is 2.26. The summed E-state index contributed by atoms with van der Waals surface area (Å²) in [4.78, 5) is 34.2. The van der Waals surface area contributed by atoms with E-state index in [0.717, 1.165) is 18.2 Å². The van der Waals surface area contributed by atoms with Crippen molar-refractivity contribution in [1.29, 1.82) is 0 Å². The molecule has 0 saturated heterocycles. The molecule has 0 aliphatic rings. The van der Waals surface area contributed by atoms with Gasteiger partial charge in [0, 0.05) is 11.1 Å². The van der Waals surface area contributed by atoms with Gasteiger partial charge in [-0.3, -0.25) is 19.7 Å². The summed E-state index contributed by atoms with van der Waals surface area (Å²) < 4.78 is 14.2. The Morgan fingerprint density at radius 2 is 1.92 bits per heavy atom. The van der Waals surface area contributed by atoms with Gasteiger partial charge in [0.1, 0.15) is 5.54 Å². The number of carbonyl (C=O) groups is 2. The van der Waals surface area contributed by atoms with E-state index in [1.54, 1.807) is 12.1 Å². The van der Waals surface area contributed by atoms with Crippen LogP contribution in [0.25, 0.3) is 0 Å². The number of nitrogens with zero attached hydrogens (tertiary/aromatic N) is 1. The second-order valence-electron chi connectivity index (χ2n) is 5.35. The first-order valence-corrected chi connectivity index (χ1v) is 7.36. The summed E-state index contributed by atoms with van der Waals surface area (Å²) in [6.45, 7) is 1.33. The van der Waals surface area contributed by atoms with Crippen LogP contribution in [0.1, 0.15) is 22.8 Å². The highest BCUT2D eigenvalue weighted by Gasteiger charge is 2.36. The second kappa shape index (κ2) is 6.86. The van der Waals surface area contributed by atoms with E-state index in [9.17, 15) is 24.1 Å². The van der Waals surface area contributed by atoms with Crippen LogP contribution in [0.2, 0.25) is 5.02 Å². The third-order valence-electron chi connectivity index (χ3n) is 3.68. The van der Waals surface area contributed by atoms with Crippen LogP contribution in [0.4, 0.5) is 10.1 Å². The number of nitrogens with one attached hydrogen (secondary N) is 1. The monoisotopic (exact) mass is 365 g/mol. The van der Waals surface area contributed by atoms with Crippen molar-refractivity contribution in [1.82, 2.24) is 5.32 Å². The number of benzene rings is 2. The van der Waals surface area contributed by atoms with Gasteiger partial charge >= 0.3 is 5.69 Å². The highest BCUT2D eigenvalue weighted by molar-refractivity contribution is 6.30. The summed E-state index contributed by atoms with van der Waals surface area (Å²) in [5.74, 6) is -3.24. The number of carbonyl (C=O) groups excluding carboxylic acids is 2. The largest absolute Gasteiger partial charge is 0.367 e. The minimum atomic E-state index is -1.70. The van der Waals surface area contributed by atoms with Gasteiger partial charge < -0.3 is 11.1 Å². The number of primary amides is 1. The first kappa shape index (κ1) is 18.3. The van der Waals surface area contributed by atoms with E-state index in [0.29, 0.717) is 5.02 Å². The molecule has 0 fully saturated rings. The molecule has 0 aromatic heterocycles.